The third-order valence-corrected chi connectivity index (χ3v) is 5.29. The van der Waals surface area contributed by atoms with Crippen LogP contribution in [0.25, 0.3) is 0 Å². The monoisotopic (exact) mass is 436 g/mol. The van der Waals surface area contributed by atoms with Crippen LogP contribution in [0, 0.1) is 17.1 Å². The number of benzene rings is 2. The summed E-state index contributed by atoms with van der Waals surface area (Å²) in [6.07, 6.45) is -0.0579. The molecule has 0 saturated carbocycles. The zero-order valence-electron chi connectivity index (χ0n) is 17.1. The molecule has 1 N–H and O–H groups in total. The number of likely N-dealkylation sites (tertiary alicyclic amines) is 1. The van der Waals surface area contributed by atoms with Crippen LogP contribution in [0.1, 0.15) is 34.1 Å². The standard InChI is InChI=1S/C22H21FN6O3/c23-18-5-1-15(2-6-18)17-9-10-28(12-17)22(31)16-3-7-20(8-4-16)32-14-19(30)13-29-26-21(11-24)25-27-29/h1-8,17,19,30H,9-10,12-14H2. The number of aliphatic hydroxyl groups excluding tert-OH is 1. The first-order valence-corrected chi connectivity index (χ1v) is 10.2. The number of aromatic nitrogens is 4. The highest BCUT2D eigenvalue weighted by Gasteiger charge is 2.28. The average Bonchev–Trinajstić information content (AvgIpc) is 3.48. The average molecular weight is 436 g/mol. The van der Waals surface area contributed by atoms with Gasteiger partial charge in [-0.15, -0.1) is 5.10 Å². The molecule has 1 aliphatic rings. The summed E-state index contributed by atoms with van der Waals surface area (Å²) in [7, 11) is 0. The number of halogens is 1. The highest BCUT2D eigenvalue weighted by molar-refractivity contribution is 5.94. The van der Waals surface area contributed by atoms with Crippen LogP contribution in [0.2, 0.25) is 0 Å². The predicted octanol–water partition coefficient (Wildman–Crippen LogP) is 1.75. The number of aliphatic hydroxyl groups is 1. The number of rotatable bonds is 7. The lowest BCUT2D eigenvalue weighted by molar-refractivity contribution is 0.0788. The molecule has 9 nitrogen and oxygen atoms in total. The van der Waals surface area contributed by atoms with Crippen molar-refractivity contribution in [2.75, 3.05) is 19.7 Å². The van der Waals surface area contributed by atoms with E-state index in [2.05, 4.69) is 15.4 Å². The van der Waals surface area contributed by atoms with E-state index in [0.717, 1.165) is 16.8 Å². The molecule has 0 bridgehead atoms. The molecule has 10 heteroatoms. The third-order valence-electron chi connectivity index (χ3n) is 5.29. The van der Waals surface area contributed by atoms with Crippen molar-refractivity contribution in [3.05, 3.63) is 71.3 Å². The van der Waals surface area contributed by atoms with Crippen LogP contribution >= 0.6 is 0 Å². The fourth-order valence-corrected chi connectivity index (χ4v) is 3.63. The van der Waals surface area contributed by atoms with Crippen molar-refractivity contribution in [1.29, 1.82) is 5.26 Å². The van der Waals surface area contributed by atoms with Crippen molar-refractivity contribution < 1.29 is 19.0 Å². The van der Waals surface area contributed by atoms with Crippen LogP contribution in [-0.2, 0) is 6.54 Å². The first-order chi connectivity index (χ1) is 15.5. The Kier molecular flexibility index (Phi) is 6.37. The third kappa shape index (κ3) is 5.07. The smallest absolute Gasteiger partial charge is 0.273 e. The molecule has 0 aliphatic carbocycles. The number of nitriles is 1. The summed E-state index contributed by atoms with van der Waals surface area (Å²) in [4.78, 5) is 15.8. The lowest BCUT2D eigenvalue weighted by Crippen LogP contribution is -2.28. The number of tetrazole rings is 1. The number of hydrogen-bond donors (Lipinski definition) is 1. The highest BCUT2D eigenvalue weighted by atomic mass is 19.1. The minimum Gasteiger partial charge on any atom is -0.491 e. The van der Waals surface area contributed by atoms with E-state index >= 15 is 0 Å². The largest absolute Gasteiger partial charge is 0.491 e. The Bertz CT molecular complexity index is 1110. The Labute approximate surface area is 183 Å². The molecule has 2 aromatic carbocycles. The maximum atomic E-state index is 13.1. The number of nitrogens with zero attached hydrogens (tertiary/aromatic N) is 6. The molecule has 1 amide bonds. The number of hydrogen-bond acceptors (Lipinski definition) is 7. The van der Waals surface area contributed by atoms with E-state index in [1.807, 2.05) is 0 Å². The topological polar surface area (TPSA) is 117 Å². The Morgan fingerprint density at radius 2 is 2.00 bits per heavy atom. The van der Waals surface area contributed by atoms with Gasteiger partial charge in [-0.2, -0.15) is 10.1 Å². The van der Waals surface area contributed by atoms with Gasteiger partial charge in [-0.25, -0.2) is 4.39 Å². The van der Waals surface area contributed by atoms with Gasteiger partial charge in [-0.1, -0.05) is 17.2 Å². The fraction of sp³-hybridized carbons (Fsp3) is 0.318. The lowest BCUT2D eigenvalue weighted by Gasteiger charge is -2.17. The van der Waals surface area contributed by atoms with E-state index in [9.17, 15) is 14.3 Å². The van der Waals surface area contributed by atoms with Gasteiger partial charge in [-0.05, 0) is 53.6 Å². The molecule has 2 heterocycles. The van der Waals surface area contributed by atoms with Gasteiger partial charge in [0.25, 0.3) is 11.7 Å². The molecule has 164 valence electrons. The van der Waals surface area contributed by atoms with E-state index in [1.165, 1.54) is 12.1 Å². The molecular formula is C22H21FN6O3. The maximum absolute atomic E-state index is 13.1. The van der Waals surface area contributed by atoms with Crippen molar-refractivity contribution in [3.63, 3.8) is 0 Å². The van der Waals surface area contributed by atoms with Gasteiger partial charge in [-0.3, -0.25) is 4.79 Å². The molecule has 0 spiro atoms. The molecule has 1 fully saturated rings. The number of ether oxygens (including phenoxy) is 1. The highest BCUT2D eigenvalue weighted by Crippen LogP contribution is 2.28. The quantitative estimate of drug-likeness (QED) is 0.600. The number of amides is 1. The van der Waals surface area contributed by atoms with E-state index in [-0.39, 0.29) is 36.6 Å². The number of carbonyl (C=O) groups is 1. The SMILES string of the molecule is N#Cc1nnn(CC(O)COc2ccc(C(=O)N3CCC(c4ccc(F)cc4)C3)cc2)n1. The van der Waals surface area contributed by atoms with Crippen molar-refractivity contribution in [2.24, 2.45) is 0 Å². The molecule has 2 unspecified atom stereocenters. The van der Waals surface area contributed by atoms with Crippen LogP contribution in [-0.4, -0.2) is 61.9 Å². The zero-order valence-corrected chi connectivity index (χ0v) is 17.1. The molecule has 0 radical (unpaired) electrons. The summed E-state index contributed by atoms with van der Waals surface area (Å²) in [5.41, 5.74) is 1.59. The molecule has 32 heavy (non-hydrogen) atoms. The van der Waals surface area contributed by atoms with Gasteiger partial charge in [0.1, 0.15) is 30.3 Å². The molecule has 4 rings (SSSR count). The van der Waals surface area contributed by atoms with E-state index < -0.39 is 6.10 Å². The van der Waals surface area contributed by atoms with Crippen LogP contribution < -0.4 is 4.74 Å². The summed E-state index contributed by atoms with van der Waals surface area (Å²) < 4.78 is 18.7. The van der Waals surface area contributed by atoms with Gasteiger partial charge < -0.3 is 14.7 Å². The van der Waals surface area contributed by atoms with E-state index in [0.29, 0.717) is 24.4 Å². The first-order valence-electron chi connectivity index (χ1n) is 10.2. The lowest BCUT2D eigenvalue weighted by atomic mass is 9.99. The minimum absolute atomic E-state index is 0.0117. The molecule has 3 aromatic rings. The number of carbonyl (C=O) groups excluding carboxylic acids is 1. The van der Waals surface area contributed by atoms with Crippen LogP contribution in [0.5, 0.6) is 5.75 Å². The Hall–Kier alpha value is -3.84. The van der Waals surface area contributed by atoms with Gasteiger partial charge >= 0.3 is 0 Å². The second kappa shape index (κ2) is 9.53. The second-order valence-electron chi connectivity index (χ2n) is 7.56. The molecule has 1 saturated heterocycles. The van der Waals surface area contributed by atoms with Gasteiger partial charge in [0.15, 0.2) is 0 Å². The van der Waals surface area contributed by atoms with Crippen LogP contribution in [0.15, 0.2) is 48.5 Å². The molecule has 2 atom stereocenters. The fourth-order valence-electron chi connectivity index (χ4n) is 3.63. The van der Waals surface area contributed by atoms with Gasteiger partial charge in [0.05, 0.1) is 6.54 Å². The summed E-state index contributed by atoms with van der Waals surface area (Å²) in [5.74, 6) is 0.313. The van der Waals surface area contributed by atoms with Crippen LogP contribution in [0.4, 0.5) is 4.39 Å². The van der Waals surface area contributed by atoms with Crippen molar-refractivity contribution in [3.8, 4) is 11.8 Å². The van der Waals surface area contributed by atoms with E-state index in [4.69, 9.17) is 10.00 Å². The Morgan fingerprint density at radius 1 is 1.25 bits per heavy atom. The molecular weight excluding hydrogens is 415 g/mol. The normalized spacial score (nSPS) is 16.5. The first kappa shape index (κ1) is 21.4. The second-order valence-corrected chi connectivity index (χ2v) is 7.56. The molecule has 1 aromatic heterocycles. The predicted molar refractivity (Wildman–Crippen MR) is 110 cm³/mol. The van der Waals surface area contributed by atoms with Crippen molar-refractivity contribution in [1.82, 2.24) is 25.1 Å². The summed E-state index contributed by atoms with van der Waals surface area (Å²) in [5, 5.41) is 29.7. The summed E-state index contributed by atoms with van der Waals surface area (Å²) in [6, 6.07) is 14.9. The Morgan fingerprint density at radius 3 is 2.69 bits per heavy atom. The van der Waals surface area contributed by atoms with Crippen LogP contribution in [0.3, 0.4) is 0 Å². The van der Waals surface area contributed by atoms with E-state index in [1.54, 1.807) is 47.4 Å². The van der Waals surface area contributed by atoms with Crippen molar-refractivity contribution in [2.45, 2.75) is 25.0 Å². The zero-order chi connectivity index (χ0) is 22.5. The maximum Gasteiger partial charge on any atom is 0.273 e. The molecule has 1 aliphatic heterocycles. The summed E-state index contributed by atoms with van der Waals surface area (Å²) in [6.45, 7) is 1.27. The minimum atomic E-state index is -0.898. The van der Waals surface area contributed by atoms with Gasteiger partial charge in [0, 0.05) is 24.6 Å². The van der Waals surface area contributed by atoms with Crippen molar-refractivity contribution >= 4 is 5.91 Å². The van der Waals surface area contributed by atoms with Gasteiger partial charge in [0.2, 0.25) is 0 Å². The summed E-state index contributed by atoms with van der Waals surface area (Å²) >= 11 is 0. The Balaban J connectivity index is 1.28.